The Morgan fingerprint density at radius 2 is 1.97 bits per heavy atom. The number of nitrogens with one attached hydrogen (secondary N) is 1. The summed E-state index contributed by atoms with van der Waals surface area (Å²) < 4.78 is 21.6. The Morgan fingerprint density at radius 1 is 1.25 bits per heavy atom. The van der Waals surface area contributed by atoms with Gasteiger partial charge in [0, 0.05) is 24.3 Å². The number of halogens is 1. The molecule has 3 heterocycles. The van der Waals surface area contributed by atoms with E-state index in [1.165, 1.54) is 4.90 Å². The zero-order valence-electron chi connectivity index (χ0n) is 18.5. The first-order chi connectivity index (χ1) is 15.2. The molecule has 3 N–H and O–H groups in total. The van der Waals surface area contributed by atoms with E-state index in [4.69, 9.17) is 4.74 Å². The lowest BCUT2D eigenvalue weighted by molar-refractivity contribution is -0.0703. The first kappa shape index (κ1) is 22.6. The average molecular weight is 450 g/mol. The Hall–Kier alpha value is -2.55. The minimum absolute atomic E-state index is 0.154. The zero-order chi connectivity index (χ0) is 23.0. The second-order valence-corrected chi connectivity index (χ2v) is 9.46. The van der Waals surface area contributed by atoms with Crippen LogP contribution in [0, 0.1) is 5.92 Å². The van der Waals surface area contributed by atoms with Crippen molar-refractivity contribution >= 4 is 17.9 Å². The molecule has 9 heteroatoms. The summed E-state index contributed by atoms with van der Waals surface area (Å²) in [7, 11) is 0. The second-order valence-electron chi connectivity index (χ2n) is 9.46. The normalized spacial score (nSPS) is 34.5. The van der Waals surface area contributed by atoms with Gasteiger partial charge in [0.2, 0.25) is 0 Å². The van der Waals surface area contributed by atoms with Gasteiger partial charge in [-0.3, -0.25) is 4.90 Å². The van der Waals surface area contributed by atoms with E-state index in [2.05, 4.69) is 5.32 Å². The van der Waals surface area contributed by atoms with Crippen LogP contribution in [0.5, 0.6) is 0 Å². The van der Waals surface area contributed by atoms with Crippen LogP contribution in [0.4, 0.5) is 19.7 Å². The van der Waals surface area contributed by atoms with Crippen molar-refractivity contribution < 1.29 is 28.9 Å². The maximum Gasteiger partial charge on any atom is 0.408 e. The number of fused-ring (bicyclic) bond motifs is 2. The molecule has 3 fully saturated rings. The molecule has 0 aliphatic carbocycles. The van der Waals surface area contributed by atoms with Crippen molar-refractivity contribution in [3.8, 4) is 0 Å². The molecule has 3 saturated heterocycles. The SMILES string of the molecule is CC(C)OC(=O)NC1CCN(c2ccccc2)C(F)C1C12CCC(CC(O)C1)N2C(=O)O. The molecule has 1 aromatic carbocycles. The molecular weight excluding hydrogens is 417 g/mol. The minimum atomic E-state index is -1.54. The smallest absolute Gasteiger partial charge is 0.408 e. The van der Waals surface area contributed by atoms with Gasteiger partial charge in [-0.15, -0.1) is 0 Å². The number of piperidine rings is 2. The number of hydrogen-bond acceptors (Lipinski definition) is 5. The van der Waals surface area contributed by atoms with Crippen LogP contribution in [0.3, 0.4) is 0 Å². The number of ether oxygens (including phenoxy) is 1. The molecule has 4 rings (SSSR count). The number of amides is 2. The summed E-state index contributed by atoms with van der Waals surface area (Å²) in [6, 6.07) is 8.20. The first-order valence-electron chi connectivity index (χ1n) is 11.4. The van der Waals surface area contributed by atoms with E-state index in [0.29, 0.717) is 37.9 Å². The van der Waals surface area contributed by atoms with E-state index in [-0.39, 0.29) is 18.6 Å². The molecule has 0 radical (unpaired) electrons. The van der Waals surface area contributed by atoms with Gasteiger partial charge in [0.25, 0.3) is 0 Å². The number of carbonyl (C=O) groups excluding carboxylic acids is 1. The number of carboxylic acid groups (broad SMARTS) is 1. The third kappa shape index (κ3) is 3.98. The van der Waals surface area contributed by atoms with Crippen molar-refractivity contribution in [1.29, 1.82) is 0 Å². The summed E-state index contributed by atoms with van der Waals surface area (Å²) in [5.74, 6) is -0.854. The molecule has 0 aromatic heterocycles. The van der Waals surface area contributed by atoms with E-state index in [1.807, 2.05) is 30.3 Å². The summed E-state index contributed by atoms with van der Waals surface area (Å²) in [6.45, 7) is 3.83. The van der Waals surface area contributed by atoms with Gasteiger partial charge in [-0.1, -0.05) is 18.2 Å². The molecule has 8 nitrogen and oxygen atoms in total. The molecular formula is C23H32FN3O5. The van der Waals surface area contributed by atoms with Crippen molar-refractivity contribution in [1.82, 2.24) is 10.2 Å². The predicted molar refractivity (Wildman–Crippen MR) is 116 cm³/mol. The van der Waals surface area contributed by atoms with E-state index in [9.17, 15) is 19.8 Å². The molecule has 6 atom stereocenters. The van der Waals surface area contributed by atoms with Gasteiger partial charge >= 0.3 is 12.2 Å². The van der Waals surface area contributed by atoms with Crippen LogP contribution in [0.25, 0.3) is 0 Å². The second kappa shape index (κ2) is 8.77. The fourth-order valence-corrected chi connectivity index (χ4v) is 6.12. The van der Waals surface area contributed by atoms with E-state index in [0.717, 1.165) is 0 Å². The first-order valence-corrected chi connectivity index (χ1v) is 11.4. The number of carbonyl (C=O) groups is 2. The number of hydrogen-bond donors (Lipinski definition) is 3. The largest absolute Gasteiger partial charge is 0.465 e. The summed E-state index contributed by atoms with van der Waals surface area (Å²) in [5, 5.41) is 23.5. The Morgan fingerprint density at radius 3 is 2.62 bits per heavy atom. The lowest BCUT2D eigenvalue weighted by Gasteiger charge is -2.55. The monoisotopic (exact) mass is 449 g/mol. The van der Waals surface area contributed by atoms with Crippen molar-refractivity contribution in [2.24, 2.45) is 5.92 Å². The van der Waals surface area contributed by atoms with Crippen molar-refractivity contribution in [3.63, 3.8) is 0 Å². The number of aliphatic hydroxyl groups is 1. The Balaban J connectivity index is 1.72. The number of anilines is 1. The molecule has 3 aliphatic rings. The van der Waals surface area contributed by atoms with Gasteiger partial charge in [0.15, 0.2) is 6.30 Å². The number of alkyl carbamates (subject to hydrolysis) is 1. The zero-order valence-corrected chi connectivity index (χ0v) is 18.5. The van der Waals surface area contributed by atoms with E-state index >= 15 is 4.39 Å². The van der Waals surface area contributed by atoms with Crippen LogP contribution in [-0.4, -0.2) is 70.0 Å². The standard InChI is InChI=1S/C23H32FN3O5/c1-14(2)32-21(29)25-18-9-11-26(15-6-4-3-5-7-15)20(24)19(18)23-10-8-16(12-17(28)13-23)27(23)22(30)31/h3-7,14,16-20,28H,8-13H2,1-2H3,(H,25,29)(H,30,31). The van der Waals surface area contributed by atoms with Gasteiger partial charge in [-0.25, -0.2) is 14.0 Å². The maximum absolute atomic E-state index is 16.4. The number of benzene rings is 1. The summed E-state index contributed by atoms with van der Waals surface area (Å²) in [4.78, 5) is 27.7. The van der Waals surface area contributed by atoms with Gasteiger partial charge < -0.3 is 25.2 Å². The topological polar surface area (TPSA) is 102 Å². The molecule has 2 bridgehead atoms. The highest BCUT2D eigenvalue weighted by atomic mass is 19.1. The van der Waals surface area contributed by atoms with Crippen LogP contribution in [0.1, 0.15) is 46.0 Å². The van der Waals surface area contributed by atoms with Gasteiger partial charge in [0.1, 0.15) is 0 Å². The van der Waals surface area contributed by atoms with Crippen LogP contribution < -0.4 is 10.2 Å². The number of para-hydroxylation sites is 1. The summed E-state index contributed by atoms with van der Waals surface area (Å²) >= 11 is 0. The fourth-order valence-electron chi connectivity index (χ4n) is 6.12. The summed E-state index contributed by atoms with van der Waals surface area (Å²) in [6.07, 6.45) is -2.36. The highest BCUT2D eigenvalue weighted by Crippen LogP contribution is 2.52. The van der Waals surface area contributed by atoms with Crippen LogP contribution >= 0.6 is 0 Å². The third-order valence-corrected chi connectivity index (χ3v) is 7.16. The van der Waals surface area contributed by atoms with E-state index in [1.54, 1.807) is 18.7 Å². The van der Waals surface area contributed by atoms with Crippen LogP contribution in [0.2, 0.25) is 0 Å². The molecule has 1 aromatic rings. The van der Waals surface area contributed by atoms with Gasteiger partial charge in [-0.2, -0.15) is 0 Å². The van der Waals surface area contributed by atoms with Gasteiger partial charge in [-0.05, 0) is 58.1 Å². The quantitative estimate of drug-likeness (QED) is 0.610. The number of aliphatic hydroxyl groups excluding tert-OH is 1. The number of rotatable bonds is 4. The highest BCUT2D eigenvalue weighted by Gasteiger charge is 2.62. The van der Waals surface area contributed by atoms with E-state index < -0.39 is 42.1 Å². The van der Waals surface area contributed by atoms with Crippen LogP contribution in [0.15, 0.2) is 30.3 Å². The Bertz CT molecular complexity index is 840. The van der Waals surface area contributed by atoms with Crippen molar-refractivity contribution in [3.05, 3.63) is 30.3 Å². The van der Waals surface area contributed by atoms with Crippen LogP contribution in [-0.2, 0) is 4.74 Å². The van der Waals surface area contributed by atoms with Gasteiger partial charge in [0.05, 0.1) is 23.7 Å². The fraction of sp³-hybridized carbons (Fsp3) is 0.652. The molecule has 3 aliphatic heterocycles. The minimum Gasteiger partial charge on any atom is -0.465 e. The van der Waals surface area contributed by atoms with Crippen molar-refractivity contribution in [2.45, 2.75) is 82.1 Å². The lowest BCUT2D eigenvalue weighted by Crippen LogP contribution is -2.69. The number of nitrogens with zero attached hydrogens (tertiary/aromatic N) is 2. The molecule has 2 amide bonds. The lowest BCUT2D eigenvalue weighted by atomic mass is 9.69. The van der Waals surface area contributed by atoms with Crippen molar-refractivity contribution in [2.75, 3.05) is 11.4 Å². The predicted octanol–water partition coefficient (Wildman–Crippen LogP) is 3.35. The summed E-state index contributed by atoms with van der Waals surface area (Å²) in [5.41, 5.74) is -0.394. The molecule has 0 spiro atoms. The Kier molecular flexibility index (Phi) is 6.20. The number of alkyl halides is 1. The Labute approximate surface area is 187 Å². The molecule has 0 saturated carbocycles. The average Bonchev–Trinajstić information content (AvgIpc) is 2.97. The molecule has 32 heavy (non-hydrogen) atoms. The molecule has 176 valence electrons. The maximum atomic E-state index is 16.4. The highest BCUT2D eigenvalue weighted by molar-refractivity contribution is 5.69. The third-order valence-electron chi connectivity index (χ3n) is 7.16. The molecule has 6 unspecified atom stereocenters.